The molecule has 0 fully saturated rings. The normalized spacial score (nSPS) is 19.0. The monoisotopic (exact) mass is 566 g/mol. The lowest BCUT2D eigenvalue weighted by Crippen LogP contribution is -2.46. The summed E-state index contributed by atoms with van der Waals surface area (Å²) >= 11 is 0. The number of carboxylic acids is 1. The molecule has 0 amide bonds. The maximum Gasteiger partial charge on any atom is 0.401 e. The number of halogens is 4. The summed E-state index contributed by atoms with van der Waals surface area (Å²) in [5.41, 5.74) is 3.81. The van der Waals surface area contributed by atoms with E-state index in [-0.39, 0.29) is 24.7 Å². The first-order valence-corrected chi connectivity index (χ1v) is 13.4. The number of alkyl halides is 3. The Morgan fingerprint density at radius 1 is 1.10 bits per heavy atom. The molecule has 0 unspecified atom stereocenters. The Kier molecular flexibility index (Phi) is 10.2. The number of ether oxygens (including phenoxy) is 3. The number of aromatic nitrogens is 1. The number of carbonyl (C=O) groups is 1. The number of hydrogen-bond acceptors (Lipinski definition) is 6. The average Bonchev–Trinajstić information content (AvgIpc) is 3.25. The van der Waals surface area contributed by atoms with Crippen LogP contribution in [-0.4, -0.2) is 72.8 Å². The fraction of sp³-hybridized carbons (Fsp3) is 0.517. The van der Waals surface area contributed by atoms with Gasteiger partial charge in [0.1, 0.15) is 18.2 Å². The number of carboxylic acid groups (broad SMARTS) is 1. The summed E-state index contributed by atoms with van der Waals surface area (Å²) in [5.74, 6) is -1.49. The molecule has 218 valence electrons. The maximum absolute atomic E-state index is 15.5. The predicted octanol–water partition coefficient (Wildman–Crippen LogP) is 5.60. The fourth-order valence-electron chi connectivity index (χ4n) is 5.36. The highest BCUT2D eigenvalue weighted by atomic mass is 19.4. The number of fused-ring (bicyclic) bond motifs is 2. The largest absolute Gasteiger partial charge is 0.492 e. The van der Waals surface area contributed by atoms with Crippen molar-refractivity contribution in [2.45, 2.75) is 57.3 Å². The molecule has 7 nitrogen and oxygen atoms in total. The molecule has 1 aliphatic heterocycles. The first kappa shape index (κ1) is 30.0. The molecule has 11 heteroatoms. The van der Waals surface area contributed by atoms with Crippen molar-refractivity contribution in [1.82, 2.24) is 9.88 Å². The van der Waals surface area contributed by atoms with Gasteiger partial charge in [0.25, 0.3) is 0 Å². The standard InChI is InChI=1S/C29H34F4N2O5/c1-19-13-23-22-8-4-3-7-20(22)14-24(23)28(35(19)18-29(31,32)33)27-25(30)15-21(16-34-27)40-10-6-2-5-9-38-11-12-39-17-26(36)37/h3-4,7-8,15-16,19,28H,2,5-6,9-14,17-18H2,1H3,(H,36,37)/t19-,28+/m1/s1. The predicted molar refractivity (Wildman–Crippen MR) is 139 cm³/mol. The Morgan fingerprint density at radius 2 is 1.85 bits per heavy atom. The number of unbranched alkanes of at least 4 members (excludes halogenated alkanes) is 2. The highest BCUT2D eigenvalue weighted by Crippen LogP contribution is 2.49. The molecule has 4 rings (SSSR count). The van der Waals surface area contributed by atoms with Crippen molar-refractivity contribution in [3.63, 3.8) is 0 Å². The molecule has 0 saturated heterocycles. The highest BCUT2D eigenvalue weighted by Gasteiger charge is 2.44. The molecule has 0 saturated carbocycles. The fourth-order valence-corrected chi connectivity index (χ4v) is 5.36. The zero-order chi connectivity index (χ0) is 28.7. The molecular formula is C29H34F4N2O5. The Morgan fingerprint density at radius 3 is 2.60 bits per heavy atom. The summed E-state index contributed by atoms with van der Waals surface area (Å²) in [6.07, 6.45) is 0.133. The van der Waals surface area contributed by atoms with Gasteiger partial charge in [0.15, 0.2) is 0 Å². The third-order valence-corrected chi connectivity index (χ3v) is 7.10. The van der Waals surface area contributed by atoms with Crippen molar-refractivity contribution in [2.75, 3.05) is 39.6 Å². The first-order chi connectivity index (χ1) is 19.1. The SMILES string of the molecule is C[C@@H]1CC2=C(Cc3ccccc32)[C@@H](c2ncc(OCCCCCOCCOCC(=O)O)cc2F)N1CC(F)(F)F. The van der Waals surface area contributed by atoms with Gasteiger partial charge in [0, 0.05) is 18.7 Å². The minimum Gasteiger partial charge on any atom is -0.492 e. The summed E-state index contributed by atoms with van der Waals surface area (Å²) < 4.78 is 72.2. The van der Waals surface area contributed by atoms with Crippen LogP contribution >= 0.6 is 0 Å². The quantitative estimate of drug-likeness (QED) is 0.236. The summed E-state index contributed by atoms with van der Waals surface area (Å²) in [6, 6.07) is 7.59. The minimum absolute atomic E-state index is 0.0204. The van der Waals surface area contributed by atoms with E-state index in [0.29, 0.717) is 39.1 Å². The number of benzene rings is 1. The molecule has 2 heterocycles. The third-order valence-electron chi connectivity index (χ3n) is 7.10. The van der Waals surface area contributed by atoms with Crippen LogP contribution in [0.3, 0.4) is 0 Å². The van der Waals surface area contributed by atoms with E-state index < -0.39 is 36.6 Å². The van der Waals surface area contributed by atoms with Gasteiger partial charge in [0.2, 0.25) is 0 Å². The third kappa shape index (κ3) is 7.80. The summed E-state index contributed by atoms with van der Waals surface area (Å²) in [7, 11) is 0. The number of hydrogen-bond donors (Lipinski definition) is 1. The Hall–Kier alpha value is -3.02. The summed E-state index contributed by atoms with van der Waals surface area (Å²) in [4.78, 5) is 16.0. The molecule has 2 atom stereocenters. The van der Waals surface area contributed by atoms with Crippen molar-refractivity contribution in [1.29, 1.82) is 0 Å². The zero-order valence-corrected chi connectivity index (χ0v) is 22.4. The van der Waals surface area contributed by atoms with Crippen LogP contribution in [-0.2, 0) is 20.7 Å². The van der Waals surface area contributed by atoms with Crippen molar-refractivity contribution in [3.05, 3.63) is 64.7 Å². The van der Waals surface area contributed by atoms with Crippen molar-refractivity contribution >= 4 is 11.5 Å². The molecule has 1 N–H and O–H groups in total. The first-order valence-electron chi connectivity index (χ1n) is 13.4. The number of pyridine rings is 1. The molecule has 1 aliphatic carbocycles. The van der Waals surface area contributed by atoms with Crippen LogP contribution in [0.25, 0.3) is 5.57 Å². The van der Waals surface area contributed by atoms with Gasteiger partial charge in [-0.3, -0.25) is 9.88 Å². The molecule has 0 radical (unpaired) electrons. The van der Waals surface area contributed by atoms with E-state index >= 15 is 4.39 Å². The van der Waals surface area contributed by atoms with Gasteiger partial charge < -0.3 is 19.3 Å². The lowest BCUT2D eigenvalue weighted by Gasteiger charge is -2.42. The van der Waals surface area contributed by atoms with E-state index in [9.17, 15) is 18.0 Å². The van der Waals surface area contributed by atoms with Crippen LogP contribution in [0, 0.1) is 5.82 Å². The molecule has 0 spiro atoms. The van der Waals surface area contributed by atoms with Gasteiger partial charge in [-0.05, 0) is 61.3 Å². The maximum atomic E-state index is 15.5. The van der Waals surface area contributed by atoms with Crippen LogP contribution in [0.2, 0.25) is 0 Å². The van der Waals surface area contributed by atoms with Crippen molar-refractivity contribution in [3.8, 4) is 5.75 Å². The molecule has 0 bridgehead atoms. The van der Waals surface area contributed by atoms with E-state index in [1.807, 2.05) is 24.3 Å². The van der Waals surface area contributed by atoms with Crippen LogP contribution in [0.1, 0.15) is 55.5 Å². The smallest absolute Gasteiger partial charge is 0.401 e. The summed E-state index contributed by atoms with van der Waals surface area (Å²) in [5, 5.41) is 8.48. The molecule has 40 heavy (non-hydrogen) atoms. The van der Waals surface area contributed by atoms with E-state index in [1.54, 1.807) is 6.92 Å². The van der Waals surface area contributed by atoms with Crippen molar-refractivity contribution < 1.29 is 41.7 Å². The number of aliphatic carboxylic acids is 1. The Bertz CT molecular complexity index is 1200. The highest BCUT2D eigenvalue weighted by molar-refractivity contribution is 5.78. The molecule has 1 aromatic heterocycles. The van der Waals surface area contributed by atoms with Crippen LogP contribution in [0.15, 0.2) is 42.1 Å². The number of rotatable bonds is 14. The van der Waals surface area contributed by atoms with E-state index in [4.69, 9.17) is 19.3 Å². The zero-order valence-electron chi connectivity index (χ0n) is 22.4. The van der Waals surface area contributed by atoms with Gasteiger partial charge in [-0.15, -0.1) is 0 Å². The van der Waals surface area contributed by atoms with E-state index in [2.05, 4.69) is 4.98 Å². The van der Waals surface area contributed by atoms with Crippen LogP contribution in [0.4, 0.5) is 17.6 Å². The summed E-state index contributed by atoms with van der Waals surface area (Å²) in [6.45, 7) is 1.59. The topological polar surface area (TPSA) is 81.1 Å². The van der Waals surface area contributed by atoms with Crippen LogP contribution in [0.5, 0.6) is 5.75 Å². The van der Waals surface area contributed by atoms with Crippen LogP contribution < -0.4 is 4.74 Å². The second-order valence-corrected chi connectivity index (χ2v) is 10.1. The van der Waals surface area contributed by atoms with Gasteiger partial charge in [-0.2, -0.15) is 13.2 Å². The Labute approximate surface area is 230 Å². The minimum atomic E-state index is -4.44. The molecule has 2 aliphatic rings. The average molecular weight is 567 g/mol. The lowest BCUT2D eigenvalue weighted by molar-refractivity contribution is -0.155. The van der Waals surface area contributed by atoms with Gasteiger partial charge in [0.05, 0.1) is 44.3 Å². The molecule has 1 aromatic carbocycles. The van der Waals surface area contributed by atoms with Gasteiger partial charge >= 0.3 is 12.1 Å². The second-order valence-electron chi connectivity index (χ2n) is 10.1. The van der Waals surface area contributed by atoms with Gasteiger partial charge in [-0.25, -0.2) is 9.18 Å². The van der Waals surface area contributed by atoms with E-state index in [0.717, 1.165) is 35.1 Å². The molecule has 2 aromatic rings. The lowest BCUT2D eigenvalue weighted by atomic mass is 9.86. The molecular weight excluding hydrogens is 532 g/mol. The second kappa shape index (κ2) is 13.6. The Balaban J connectivity index is 1.35. The van der Waals surface area contributed by atoms with E-state index in [1.165, 1.54) is 17.2 Å². The number of nitrogens with zero attached hydrogens (tertiary/aromatic N) is 2. The van der Waals surface area contributed by atoms with Gasteiger partial charge in [-0.1, -0.05) is 24.3 Å². The van der Waals surface area contributed by atoms with Crippen molar-refractivity contribution in [2.24, 2.45) is 0 Å².